The van der Waals surface area contributed by atoms with Crippen LogP contribution in [0, 0.1) is 5.41 Å². The Labute approximate surface area is 106 Å². The summed E-state index contributed by atoms with van der Waals surface area (Å²) in [7, 11) is 0. The highest BCUT2D eigenvalue weighted by molar-refractivity contribution is 5.39. The van der Waals surface area contributed by atoms with Gasteiger partial charge in [0.15, 0.2) is 0 Å². The first-order chi connectivity index (χ1) is 8.08. The minimum Gasteiger partial charge on any atom is -0.386 e. The van der Waals surface area contributed by atoms with Crippen LogP contribution >= 0.6 is 0 Å². The maximum absolute atomic E-state index is 9.80. The first kappa shape index (κ1) is 14.7. The van der Waals surface area contributed by atoms with Crippen molar-refractivity contribution < 1.29 is 9.84 Å². The molecule has 0 saturated carbocycles. The highest BCUT2D eigenvalue weighted by Gasteiger charge is 2.38. The van der Waals surface area contributed by atoms with Gasteiger partial charge in [-0.05, 0) is 12.0 Å². The number of unbranched alkanes of at least 4 members (excludes halogenated alkanes) is 5. The van der Waals surface area contributed by atoms with Crippen molar-refractivity contribution in [1.29, 1.82) is 0 Å². The van der Waals surface area contributed by atoms with Gasteiger partial charge in [-0.1, -0.05) is 59.0 Å². The van der Waals surface area contributed by atoms with Crippen molar-refractivity contribution in [3.8, 4) is 0 Å². The summed E-state index contributed by atoms with van der Waals surface area (Å²) in [6, 6.07) is 0. The highest BCUT2D eigenvalue weighted by Crippen LogP contribution is 2.44. The van der Waals surface area contributed by atoms with Gasteiger partial charge in [-0.25, -0.2) is 0 Å². The van der Waals surface area contributed by atoms with Crippen LogP contribution in [0.3, 0.4) is 0 Å². The second kappa shape index (κ2) is 7.17. The van der Waals surface area contributed by atoms with E-state index in [2.05, 4.69) is 26.8 Å². The van der Waals surface area contributed by atoms with Crippen molar-refractivity contribution in [2.45, 2.75) is 65.4 Å². The first-order valence-corrected chi connectivity index (χ1v) is 7.07. The Bertz CT molecular complexity index is 243. The van der Waals surface area contributed by atoms with Crippen molar-refractivity contribution in [2.75, 3.05) is 13.2 Å². The van der Waals surface area contributed by atoms with Gasteiger partial charge in [0.05, 0.1) is 12.7 Å². The molecule has 2 nitrogen and oxygen atoms in total. The van der Waals surface area contributed by atoms with Crippen molar-refractivity contribution in [2.24, 2.45) is 5.41 Å². The molecule has 0 aromatic heterocycles. The van der Waals surface area contributed by atoms with Crippen molar-refractivity contribution in [3.63, 3.8) is 0 Å². The Morgan fingerprint density at radius 1 is 1.18 bits per heavy atom. The van der Waals surface area contributed by atoms with Gasteiger partial charge in [0.25, 0.3) is 0 Å². The molecular weight excluding hydrogens is 212 g/mol. The van der Waals surface area contributed by atoms with E-state index in [0.29, 0.717) is 6.61 Å². The Kier molecular flexibility index (Phi) is 6.21. The Balaban J connectivity index is 1.86. The Morgan fingerprint density at radius 2 is 1.76 bits per heavy atom. The van der Waals surface area contributed by atoms with Crippen LogP contribution in [0.15, 0.2) is 11.6 Å². The van der Waals surface area contributed by atoms with Crippen LogP contribution in [0.4, 0.5) is 0 Å². The van der Waals surface area contributed by atoms with Crippen LogP contribution in [0.25, 0.3) is 0 Å². The third-order valence-corrected chi connectivity index (χ3v) is 3.45. The van der Waals surface area contributed by atoms with E-state index >= 15 is 0 Å². The van der Waals surface area contributed by atoms with E-state index < -0.39 is 0 Å². The fraction of sp³-hybridized carbons (Fsp3) is 0.867. The average molecular weight is 240 g/mol. The summed E-state index contributed by atoms with van der Waals surface area (Å²) in [6.45, 7) is 7.73. The summed E-state index contributed by atoms with van der Waals surface area (Å²) in [5, 5.41) is 9.80. The summed E-state index contributed by atoms with van der Waals surface area (Å²) in [4.78, 5) is 0. The second-order valence-electron chi connectivity index (χ2n) is 5.68. The van der Waals surface area contributed by atoms with E-state index in [1.54, 1.807) is 0 Å². The van der Waals surface area contributed by atoms with Crippen LogP contribution in [-0.2, 0) is 4.74 Å². The minimum atomic E-state index is -0.384. The van der Waals surface area contributed by atoms with Crippen LogP contribution in [-0.4, -0.2) is 24.4 Å². The van der Waals surface area contributed by atoms with Gasteiger partial charge < -0.3 is 9.84 Å². The maximum Gasteiger partial charge on any atom is 0.0992 e. The number of hydrogen-bond acceptors (Lipinski definition) is 2. The third-order valence-electron chi connectivity index (χ3n) is 3.45. The van der Waals surface area contributed by atoms with Gasteiger partial charge in [-0.2, -0.15) is 0 Å². The first-order valence-electron chi connectivity index (χ1n) is 7.07. The van der Waals surface area contributed by atoms with Gasteiger partial charge >= 0.3 is 0 Å². The monoisotopic (exact) mass is 240 g/mol. The van der Waals surface area contributed by atoms with Gasteiger partial charge in [0.2, 0.25) is 0 Å². The fourth-order valence-electron chi connectivity index (χ4n) is 2.15. The summed E-state index contributed by atoms with van der Waals surface area (Å²) in [5.74, 6) is 0. The van der Waals surface area contributed by atoms with Gasteiger partial charge in [-0.3, -0.25) is 0 Å². The molecule has 100 valence electrons. The molecule has 0 bridgehead atoms. The number of aliphatic hydroxyl groups is 1. The molecule has 17 heavy (non-hydrogen) atoms. The molecule has 0 aliphatic heterocycles. The van der Waals surface area contributed by atoms with Crippen LogP contribution in [0.2, 0.25) is 0 Å². The molecule has 0 fully saturated rings. The maximum atomic E-state index is 9.80. The van der Waals surface area contributed by atoms with Crippen molar-refractivity contribution in [1.82, 2.24) is 0 Å². The molecule has 1 atom stereocenters. The molecule has 1 N–H and O–H groups in total. The summed E-state index contributed by atoms with van der Waals surface area (Å²) >= 11 is 0. The number of allylic oxidation sites excluding steroid dienone is 1. The van der Waals surface area contributed by atoms with E-state index in [1.165, 1.54) is 32.1 Å². The lowest BCUT2D eigenvalue weighted by Gasteiger charge is -2.12. The second-order valence-corrected chi connectivity index (χ2v) is 5.68. The lowest BCUT2D eigenvalue weighted by molar-refractivity contribution is 0.0514. The number of aliphatic hydroxyl groups excluding tert-OH is 1. The van der Waals surface area contributed by atoms with E-state index in [-0.39, 0.29) is 11.5 Å². The largest absolute Gasteiger partial charge is 0.386 e. The summed E-state index contributed by atoms with van der Waals surface area (Å²) in [6.07, 6.45) is 9.42. The third kappa shape index (κ3) is 5.69. The van der Waals surface area contributed by atoms with E-state index in [1.807, 2.05) is 0 Å². The van der Waals surface area contributed by atoms with Gasteiger partial charge in [0, 0.05) is 12.0 Å². The molecule has 1 aliphatic rings. The normalized spacial score (nSPS) is 18.9. The van der Waals surface area contributed by atoms with Gasteiger partial charge in [-0.15, -0.1) is 0 Å². The lowest BCUT2D eigenvalue weighted by Crippen LogP contribution is -2.17. The van der Waals surface area contributed by atoms with Crippen LogP contribution < -0.4 is 0 Å². The number of rotatable bonds is 10. The fourth-order valence-corrected chi connectivity index (χ4v) is 2.15. The van der Waals surface area contributed by atoms with E-state index in [9.17, 15) is 5.11 Å². The highest BCUT2D eigenvalue weighted by atomic mass is 16.5. The van der Waals surface area contributed by atoms with E-state index in [0.717, 1.165) is 18.6 Å². The quantitative estimate of drug-likeness (QED) is 0.466. The SMILES string of the molecule is CCCCCCCCOCC(O)C1=CC1(C)C. The van der Waals surface area contributed by atoms with Crippen LogP contribution in [0.5, 0.6) is 0 Å². The predicted octanol–water partition coefficient (Wildman–Crippen LogP) is 3.69. The topological polar surface area (TPSA) is 29.5 Å². The zero-order valence-corrected chi connectivity index (χ0v) is 11.7. The molecule has 0 aromatic carbocycles. The standard InChI is InChI=1S/C15H28O2/c1-4-5-6-7-8-9-10-17-12-14(16)13-11-15(13,2)3/h11,14,16H,4-10,12H2,1-3H3. The molecule has 1 aliphatic carbocycles. The molecule has 2 heteroatoms. The molecular formula is C15H28O2. The molecule has 1 unspecified atom stereocenters. The molecule has 0 radical (unpaired) electrons. The summed E-state index contributed by atoms with van der Waals surface area (Å²) in [5.41, 5.74) is 1.28. The molecule has 1 rings (SSSR count). The molecule has 0 spiro atoms. The van der Waals surface area contributed by atoms with E-state index in [4.69, 9.17) is 4.74 Å². The lowest BCUT2D eigenvalue weighted by atomic mass is 10.0. The Morgan fingerprint density at radius 3 is 2.35 bits per heavy atom. The van der Waals surface area contributed by atoms with Crippen molar-refractivity contribution >= 4 is 0 Å². The summed E-state index contributed by atoms with van der Waals surface area (Å²) < 4.78 is 5.51. The Hall–Kier alpha value is -0.340. The number of ether oxygens (including phenoxy) is 1. The molecule has 0 aromatic rings. The van der Waals surface area contributed by atoms with Crippen LogP contribution in [0.1, 0.15) is 59.3 Å². The van der Waals surface area contributed by atoms with Crippen molar-refractivity contribution in [3.05, 3.63) is 11.6 Å². The smallest absolute Gasteiger partial charge is 0.0992 e. The zero-order valence-electron chi connectivity index (χ0n) is 11.7. The zero-order chi connectivity index (χ0) is 12.7. The minimum absolute atomic E-state index is 0.142. The molecule has 0 amide bonds. The average Bonchev–Trinajstić information content (AvgIpc) is 2.91. The predicted molar refractivity (Wildman–Crippen MR) is 72.1 cm³/mol. The molecule has 0 saturated heterocycles. The number of hydrogen-bond donors (Lipinski definition) is 1. The molecule has 0 heterocycles. The van der Waals surface area contributed by atoms with Gasteiger partial charge in [0.1, 0.15) is 0 Å².